The lowest BCUT2D eigenvalue weighted by atomic mass is 10.0. The van der Waals surface area contributed by atoms with Gasteiger partial charge in [-0.15, -0.1) is 0 Å². The number of benzene rings is 4. The Kier molecular flexibility index (Phi) is 7.46. The van der Waals surface area contributed by atoms with Crippen LogP contribution in [0, 0.1) is 0 Å². The zero-order chi connectivity index (χ0) is 20.8. The van der Waals surface area contributed by atoms with Gasteiger partial charge in [0, 0.05) is 29.6 Å². The molecule has 4 heteroatoms. The van der Waals surface area contributed by atoms with Gasteiger partial charge in [0.2, 0.25) is 0 Å². The van der Waals surface area contributed by atoms with E-state index in [0.29, 0.717) is 0 Å². The molecule has 0 nitrogen and oxygen atoms in total. The molecule has 0 unspecified atom stereocenters. The molecule has 0 spiro atoms. The predicted molar refractivity (Wildman–Crippen MR) is 131 cm³/mol. The summed E-state index contributed by atoms with van der Waals surface area (Å²) in [5, 5.41) is 1.54. The van der Waals surface area contributed by atoms with E-state index in [-0.39, 0.29) is 0 Å². The number of hydrogen-bond acceptors (Lipinski definition) is 2. The Labute approximate surface area is 196 Å². The summed E-state index contributed by atoms with van der Waals surface area (Å²) in [4.78, 5) is 4.90. The first-order chi connectivity index (χ1) is 14.6. The first kappa shape index (κ1) is 21.4. The lowest BCUT2D eigenvalue weighted by molar-refractivity contribution is 0.950. The van der Waals surface area contributed by atoms with Crippen molar-refractivity contribution in [3.05, 3.63) is 118 Å². The fourth-order valence-corrected chi connectivity index (χ4v) is 5.15. The van der Waals surface area contributed by atoms with Crippen molar-refractivity contribution in [3.8, 4) is 0 Å². The number of halogens is 2. The highest BCUT2D eigenvalue weighted by molar-refractivity contribution is 7.99. The highest BCUT2D eigenvalue weighted by Gasteiger charge is 2.03. The van der Waals surface area contributed by atoms with E-state index in [1.807, 2.05) is 24.3 Å². The molecule has 150 valence electrons. The Hall–Kier alpha value is -1.84. The van der Waals surface area contributed by atoms with E-state index in [9.17, 15) is 0 Å². The zero-order valence-electron chi connectivity index (χ0n) is 16.2. The van der Waals surface area contributed by atoms with Gasteiger partial charge in [0.25, 0.3) is 0 Å². The van der Waals surface area contributed by atoms with Crippen LogP contribution < -0.4 is 0 Å². The van der Waals surface area contributed by atoms with Crippen molar-refractivity contribution >= 4 is 46.7 Å². The van der Waals surface area contributed by atoms with Crippen LogP contribution in [0.5, 0.6) is 0 Å². The van der Waals surface area contributed by atoms with Crippen LogP contribution in [0.3, 0.4) is 0 Å². The van der Waals surface area contributed by atoms with E-state index in [4.69, 9.17) is 23.2 Å². The van der Waals surface area contributed by atoms with E-state index < -0.39 is 0 Å². The van der Waals surface area contributed by atoms with E-state index in [1.54, 1.807) is 23.5 Å². The predicted octanol–water partition coefficient (Wildman–Crippen LogP) is 9.08. The maximum Gasteiger partial charge on any atom is 0.0406 e. The molecule has 0 aliphatic heterocycles. The van der Waals surface area contributed by atoms with Gasteiger partial charge >= 0.3 is 0 Å². The molecular formula is C26H20Cl2S2. The quantitative estimate of drug-likeness (QED) is 0.266. The summed E-state index contributed by atoms with van der Waals surface area (Å²) >= 11 is 15.5. The summed E-state index contributed by atoms with van der Waals surface area (Å²) in [6.07, 6.45) is 2.04. The third-order valence-electron chi connectivity index (χ3n) is 4.60. The average Bonchev–Trinajstić information content (AvgIpc) is 2.76. The van der Waals surface area contributed by atoms with Crippen molar-refractivity contribution in [2.45, 2.75) is 32.4 Å². The maximum atomic E-state index is 5.99. The van der Waals surface area contributed by atoms with E-state index in [0.717, 1.165) is 22.9 Å². The molecule has 0 aliphatic carbocycles. The zero-order valence-corrected chi connectivity index (χ0v) is 19.4. The largest absolute Gasteiger partial charge is 0.0901 e. The second kappa shape index (κ2) is 10.5. The lowest BCUT2D eigenvalue weighted by Gasteiger charge is -2.08. The van der Waals surface area contributed by atoms with Crippen LogP contribution in [-0.4, -0.2) is 0 Å². The van der Waals surface area contributed by atoms with Crippen LogP contribution in [0.1, 0.15) is 11.1 Å². The summed E-state index contributed by atoms with van der Waals surface area (Å²) < 4.78 is 0. The van der Waals surface area contributed by atoms with Crippen molar-refractivity contribution in [3.63, 3.8) is 0 Å². The molecule has 0 amide bonds. The summed E-state index contributed by atoms with van der Waals surface area (Å²) in [6.45, 7) is 0. The highest BCUT2D eigenvalue weighted by Crippen LogP contribution is 2.31. The molecule has 4 aromatic carbocycles. The Morgan fingerprint density at radius 2 is 0.867 bits per heavy atom. The second-order valence-electron chi connectivity index (χ2n) is 6.91. The van der Waals surface area contributed by atoms with Gasteiger partial charge in [-0.3, -0.25) is 0 Å². The molecule has 0 saturated heterocycles. The van der Waals surface area contributed by atoms with Crippen molar-refractivity contribution < 1.29 is 0 Å². The van der Waals surface area contributed by atoms with Crippen LogP contribution in [-0.2, 0) is 12.8 Å². The Morgan fingerprint density at radius 3 is 1.27 bits per heavy atom. The Balaban J connectivity index is 1.38. The van der Waals surface area contributed by atoms with Crippen LogP contribution in [0.25, 0.3) is 0 Å². The molecule has 4 aromatic rings. The third-order valence-corrected chi connectivity index (χ3v) is 7.10. The molecular weight excluding hydrogens is 447 g/mol. The van der Waals surface area contributed by atoms with Gasteiger partial charge in [-0.1, -0.05) is 71.0 Å². The molecule has 0 N–H and O–H groups in total. The molecule has 0 fully saturated rings. The van der Waals surface area contributed by atoms with Gasteiger partial charge in [0.05, 0.1) is 0 Å². The van der Waals surface area contributed by atoms with Crippen LogP contribution in [0.15, 0.2) is 117 Å². The second-order valence-corrected chi connectivity index (χ2v) is 10.1. The molecule has 0 atom stereocenters. The first-order valence-electron chi connectivity index (χ1n) is 9.69. The standard InChI is InChI=1S/C26H20Cl2S2/c27-21-9-13-23(14-10-21)29-25-5-1-3-19(17-25)7-8-20-4-2-6-26(18-20)30-24-15-11-22(28)12-16-24/h1-6,9-18H,7-8H2. The molecule has 0 aliphatic rings. The highest BCUT2D eigenvalue weighted by atomic mass is 35.5. The monoisotopic (exact) mass is 466 g/mol. The minimum Gasteiger partial charge on any atom is -0.0901 e. The van der Waals surface area contributed by atoms with Crippen molar-refractivity contribution in [2.24, 2.45) is 0 Å². The fraction of sp³-hybridized carbons (Fsp3) is 0.0769. The van der Waals surface area contributed by atoms with Gasteiger partial charge in [0.1, 0.15) is 0 Å². The molecule has 0 heterocycles. The van der Waals surface area contributed by atoms with E-state index >= 15 is 0 Å². The number of aryl methyl sites for hydroxylation is 2. The Bertz CT molecular complexity index is 1020. The summed E-state index contributed by atoms with van der Waals surface area (Å²) in [5.41, 5.74) is 2.70. The van der Waals surface area contributed by atoms with Crippen molar-refractivity contribution in [1.82, 2.24) is 0 Å². The third kappa shape index (κ3) is 6.33. The topological polar surface area (TPSA) is 0 Å². The summed E-state index contributed by atoms with van der Waals surface area (Å²) in [7, 11) is 0. The van der Waals surface area contributed by atoms with Gasteiger partial charge in [0.15, 0.2) is 0 Å². The van der Waals surface area contributed by atoms with Gasteiger partial charge in [-0.2, -0.15) is 0 Å². The van der Waals surface area contributed by atoms with Crippen LogP contribution in [0.4, 0.5) is 0 Å². The van der Waals surface area contributed by atoms with Gasteiger partial charge in [-0.25, -0.2) is 0 Å². The SMILES string of the molecule is Clc1ccc(Sc2cccc(CCc3cccc(Sc4ccc(Cl)cc4)c3)c2)cc1. The maximum absolute atomic E-state index is 5.99. The van der Waals surface area contributed by atoms with Gasteiger partial charge < -0.3 is 0 Å². The molecule has 0 aromatic heterocycles. The minimum atomic E-state index is 0.768. The lowest BCUT2D eigenvalue weighted by Crippen LogP contribution is -1.92. The fourth-order valence-electron chi connectivity index (χ4n) is 3.10. The van der Waals surface area contributed by atoms with E-state index in [1.165, 1.54) is 30.7 Å². The van der Waals surface area contributed by atoms with Crippen molar-refractivity contribution in [1.29, 1.82) is 0 Å². The van der Waals surface area contributed by atoms with E-state index in [2.05, 4.69) is 72.8 Å². The van der Waals surface area contributed by atoms with Crippen LogP contribution >= 0.6 is 46.7 Å². The van der Waals surface area contributed by atoms with Crippen LogP contribution in [0.2, 0.25) is 10.0 Å². The molecule has 4 rings (SSSR count). The summed E-state index contributed by atoms with van der Waals surface area (Å²) in [5.74, 6) is 0. The first-order valence-corrected chi connectivity index (χ1v) is 12.1. The van der Waals surface area contributed by atoms with Gasteiger partial charge in [-0.05, 0) is 96.8 Å². The Morgan fingerprint density at radius 1 is 0.467 bits per heavy atom. The molecule has 0 saturated carbocycles. The molecule has 0 bridgehead atoms. The smallest absolute Gasteiger partial charge is 0.0406 e. The summed E-state index contributed by atoms with van der Waals surface area (Å²) in [6, 6.07) is 33.5. The normalized spacial score (nSPS) is 10.9. The van der Waals surface area contributed by atoms with Crippen molar-refractivity contribution in [2.75, 3.05) is 0 Å². The molecule has 30 heavy (non-hydrogen) atoms. The number of rotatable bonds is 7. The average molecular weight is 467 g/mol. The molecule has 0 radical (unpaired) electrons. The number of hydrogen-bond donors (Lipinski definition) is 0. The minimum absolute atomic E-state index is 0.768.